The normalized spacial score (nSPS) is 13.9. The van der Waals surface area contributed by atoms with Crippen molar-refractivity contribution in [2.45, 2.75) is 13.8 Å². The van der Waals surface area contributed by atoms with Gasteiger partial charge in [-0.25, -0.2) is 13.1 Å². The molecule has 0 aromatic carbocycles. The van der Waals surface area contributed by atoms with Gasteiger partial charge in [-0.3, -0.25) is 4.79 Å². The molecule has 0 aromatic rings. The molecule has 1 atom stereocenters. The SMILES string of the molecule is C=CS(=O)(=O)NC[C@H](C(=O)O)C(C)C. The highest BCUT2D eigenvalue weighted by atomic mass is 32.2. The first-order valence-electron chi connectivity index (χ1n) is 4.15. The quantitative estimate of drug-likeness (QED) is 0.680. The van der Waals surface area contributed by atoms with Crippen molar-refractivity contribution in [1.29, 1.82) is 0 Å². The Morgan fingerprint density at radius 2 is 2.07 bits per heavy atom. The van der Waals surface area contributed by atoms with Gasteiger partial charge < -0.3 is 5.11 Å². The van der Waals surface area contributed by atoms with Crippen molar-refractivity contribution in [2.75, 3.05) is 6.54 Å². The zero-order valence-corrected chi connectivity index (χ0v) is 9.04. The van der Waals surface area contributed by atoms with E-state index in [-0.39, 0.29) is 12.5 Å². The van der Waals surface area contributed by atoms with Crippen molar-refractivity contribution in [2.24, 2.45) is 11.8 Å². The summed E-state index contributed by atoms with van der Waals surface area (Å²) < 4.78 is 24.0. The number of hydrogen-bond acceptors (Lipinski definition) is 3. The molecule has 0 saturated heterocycles. The van der Waals surface area contributed by atoms with Crippen LogP contribution in [0.1, 0.15) is 13.8 Å². The van der Waals surface area contributed by atoms with Crippen molar-refractivity contribution in [3.05, 3.63) is 12.0 Å². The first-order chi connectivity index (χ1) is 6.30. The molecule has 0 bridgehead atoms. The fraction of sp³-hybridized carbons (Fsp3) is 0.625. The number of aliphatic carboxylic acids is 1. The summed E-state index contributed by atoms with van der Waals surface area (Å²) in [6.07, 6.45) is 0. The summed E-state index contributed by atoms with van der Waals surface area (Å²) in [5.74, 6) is -1.85. The van der Waals surface area contributed by atoms with E-state index in [1.807, 2.05) is 0 Å². The number of carboxylic acid groups (broad SMARTS) is 1. The van der Waals surface area contributed by atoms with Crippen LogP contribution in [-0.4, -0.2) is 26.0 Å². The van der Waals surface area contributed by atoms with Crippen LogP contribution in [-0.2, 0) is 14.8 Å². The van der Waals surface area contributed by atoms with Crippen LogP contribution in [0.4, 0.5) is 0 Å². The van der Waals surface area contributed by atoms with Crippen LogP contribution < -0.4 is 4.72 Å². The number of carboxylic acids is 1. The lowest BCUT2D eigenvalue weighted by molar-refractivity contribution is -0.142. The highest BCUT2D eigenvalue weighted by molar-refractivity contribution is 7.92. The van der Waals surface area contributed by atoms with Gasteiger partial charge in [-0.05, 0) is 5.92 Å². The summed E-state index contributed by atoms with van der Waals surface area (Å²) in [5, 5.41) is 9.51. The third-order valence-electron chi connectivity index (χ3n) is 1.85. The van der Waals surface area contributed by atoms with Gasteiger partial charge in [0.25, 0.3) is 0 Å². The molecule has 0 fully saturated rings. The monoisotopic (exact) mass is 221 g/mol. The van der Waals surface area contributed by atoms with Gasteiger partial charge in [-0.15, -0.1) is 0 Å². The second-order valence-corrected chi connectivity index (χ2v) is 4.96. The maximum atomic E-state index is 10.9. The van der Waals surface area contributed by atoms with Crippen LogP contribution in [0, 0.1) is 11.8 Å². The van der Waals surface area contributed by atoms with Crippen molar-refractivity contribution < 1.29 is 18.3 Å². The van der Waals surface area contributed by atoms with E-state index in [4.69, 9.17) is 5.11 Å². The predicted molar refractivity (Wildman–Crippen MR) is 53.1 cm³/mol. The number of hydrogen-bond donors (Lipinski definition) is 2. The van der Waals surface area contributed by atoms with Crippen molar-refractivity contribution in [1.82, 2.24) is 4.72 Å². The predicted octanol–water partition coefficient (Wildman–Crippen LogP) is 0.406. The molecular weight excluding hydrogens is 206 g/mol. The van der Waals surface area contributed by atoms with Crippen molar-refractivity contribution in [3.63, 3.8) is 0 Å². The molecule has 82 valence electrons. The highest BCUT2D eigenvalue weighted by Gasteiger charge is 2.22. The van der Waals surface area contributed by atoms with E-state index in [1.165, 1.54) is 0 Å². The lowest BCUT2D eigenvalue weighted by Crippen LogP contribution is -2.34. The Morgan fingerprint density at radius 1 is 1.57 bits per heavy atom. The second-order valence-electron chi connectivity index (χ2n) is 3.25. The van der Waals surface area contributed by atoms with Crippen LogP contribution in [0.15, 0.2) is 12.0 Å². The Labute approximate surface area is 83.9 Å². The summed E-state index contributed by atoms with van der Waals surface area (Å²) >= 11 is 0. The molecule has 0 unspecified atom stereocenters. The molecule has 0 saturated carbocycles. The lowest BCUT2D eigenvalue weighted by Gasteiger charge is -2.15. The smallest absolute Gasteiger partial charge is 0.308 e. The molecule has 0 heterocycles. The summed E-state index contributed by atoms with van der Waals surface area (Å²) in [6.45, 7) is 6.44. The zero-order valence-electron chi connectivity index (χ0n) is 8.23. The molecule has 2 N–H and O–H groups in total. The average Bonchev–Trinajstić information content (AvgIpc) is 2.03. The molecule has 0 rings (SSSR count). The van der Waals surface area contributed by atoms with Gasteiger partial charge in [0.15, 0.2) is 0 Å². The topological polar surface area (TPSA) is 83.5 Å². The molecule has 0 amide bonds. The maximum absolute atomic E-state index is 10.9. The minimum atomic E-state index is -3.53. The van der Waals surface area contributed by atoms with E-state index in [0.717, 1.165) is 5.41 Å². The van der Waals surface area contributed by atoms with Gasteiger partial charge in [0.05, 0.1) is 5.92 Å². The van der Waals surface area contributed by atoms with Crippen molar-refractivity contribution in [3.8, 4) is 0 Å². The number of nitrogens with one attached hydrogen (secondary N) is 1. The molecule has 0 aliphatic carbocycles. The van der Waals surface area contributed by atoms with E-state index in [0.29, 0.717) is 0 Å². The third-order valence-corrected chi connectivity index (χ3v) is 2.85. The number of carbonyl (C=O) groups is 1. The van der Waals surface area contributed by atoms with Gasteiger partial charge >= 0.3 is 5.97 Å². The summed E-state index contributed by atoms with van der Waals surface area (Å²) in [5.41, 5.74) is 0. The van der Waals surface area contributed by atoms with Crippen LogP contribution in [0.5, 0.6) is 0 Å². The molecule has 14 heavy (non-hydrogen) atoms. The highest BCUT2D eigenvalue weighted by Crippen LogP contribution is 2.10. The summed E-state index contributed by atoms with van der Waals surface area (Å²) in [7, 11) is -3.53. The largest absolute Gasteiger partial charge is 0.481 e. The summed E-state index contributed by atoms with van der Waals surface area (Å²) in [6, 6.07) is 0. The van der Waals surface area contributed by atoms with Gasteiger partial charge in [0, 0.05) is 12.0 Å². The standard InChI is InChI=1S/C8H15NO4S/c1-4-14(12,13)9-5-7(6(2)3)8(10)11/h4,6-7,9H,1,5H2,2-3H3,(H,10,11)/t7-/m0/s1. The fourth-order valence-electron chi connectivity index (χ4n) is 0.873. The van der Waals surface area contributed by atoms with E-state index in [1.54, 1.807) is 13.8 Å². The molecule has 0 aromatic heterocycles. The van der Waals surface area contributed by atoms with Gasteiger partial charge in [-0.1, -0.05) is 20.4 Å². The first-order valence-corrected chi connectivity index (χ1v) is 5.69. The molecule has 5 nitrogen and oxygen atoms in total. The number of sulfonamides is 1. The summed E-state index contributed by atoms with van der Waals surface area (Å²) in [4.78, 5) is 10.7. The molecule has 6 heteroatoms. The van der Waals surface area contributed by atoms with Crippen LogP contribution in [0.3, 0.4) is 0 Å². The van der Waals surface area contributed by atoms with E-state index < -0.39 is 21.9 Å². The molecular formula is C8H15NO4S. The van der Waals surface area contributed by atoms with E-state index in [9.17, 15) is 13.2 Å². The van der Waals surface area contributed by atoms with Crippen LogP contribution in [0.2, 0.25) is 0 Å². The lowest BCUT2D eigenvalue weighted by atomic mass is 9.97. The minimum absolute atomic E-state index is 0.110. The Morgan fingerprint density at radius 3 is 2.36 bits per heavy atom. The van der Waals surface area contributed by atoms with Crippen LogP contribution in [0.25, 0.3) is 0 Å². The Kier molecular flexibility index (Phi) is 4.79. The fourth-order valence-corrected chi connectivity index (χ4v) is 1.40. The first kappa shape index (κ1) is 13.1. The zero-order chi connectivity index (χ0) is 11.4. The molecule has 0 aliphatic rings. The van der Waals surface area contributed by atoms with E-state index >= 15 is 0 Å². The number of rotatable bonds is 6. The van der Waals surface area contributed by atoms with Crippen LogP contribution >= 0.6 is 0 Å². The third kappa shape index (κ3) is 4.38. The molecule has 0 radical (unpaired) electrons. The Balaban J connectivity index is 4.35. The van der Waals surface area contributed by atoms with E-state index in [2.05, 4.69) is 11.3 Å². The Bertz CT molecular complexity index is 307. The molecule has 0 aliphatic heterocycles. The van der Waals surface area contributed by atoms with Gasteiger partial charge in [0.2, 0.25) is 10.0 Å². The maximum Gasteiger partial charge on any atom is 0.308 e. The average molecular weight is 221 g/mol. The molecule has 0 spiro atoms. The minimum Gasteiger partial charge on any atom is -0.481 e. The van der Waals surface area contributed by atoms with Gasteiger partial charge in [-0.2, -0.15) is 0 Å². The second kappa shape index (κ2) is 5.11. The van der Waals surface area contributed by atoms with Gasteiger partial charge in [0.1, 0.15) is 0 Å². The van der Waals surface area contributed by atoms with Crippen molar-refractivity contribution >= 4 is 16.0 Å². The Hall–Kier alpha value is -0.880.